The van der Waals surface area contributed by atoms with E-state index >= 15 is 0 Å². The molecule has 0 aromatic rings. The molecule has 1 aliphatic rings. The molecule has 1 rings (SSSR count). The largest absolute Gasteiger partial charge is 0.480 e. The van der Waals surface area contributed by atoms with E-state index in [0.29, 0.717) is 12.8 Å². The van der Waals surface area contributed by atoms with Crippen molar-refractivity contribution in [2.75, 3.05) is 0 Å². The summed E-state index contributed by atoms with van der Waals surface area (Å²) in [7, 11) is 0. The molecule has 1 amide bonds. The first-order chi connectivity index (χ1) is 6.60. The zero-order chi connectivity index (χ0) is 10.6. The molecule has 0 aromatic carbocycles. The van der Waals surface area contributed by atoms with Crippen LogP contribution in [-0.4, -0.2) is 22.5 Å². The van der Waals surface area contributed by atoms with Gasteiger partial charge in [0, 0.05) is 0 Å². The van der Waals surface area contributed by atoms with E-state index in [9.17, 15) is 9.59 Å². The summed E-state index contributed by atoms with van der Waals surface area (Å²) in [4.78, 5) is 22.2. The summed E-state index contributed by atoms with van der Waals surface area (Å²) in [6, 6.07) is 0. The Balaban J connectivity index is 2.75. The van der Waals surface area contributed by atoms with E-state index in [1.807, 2.05) is 0 Å². The first-order valence-electron chi connectivity index (χ1n) is 4.79. The van der Waals surface area contributed by atoms with Crippen LogP contribution in [0.4, 0.5) is 0 Å². The van der Waals surface area contributed by atoms with Crippen molar-refractivity contribution in [2.24, 2.45) is 0 Å². The van der Waals surface area contributed by atoms with Gasteiger partial charge in [-0.1, -0.05) is 25.8 Å². The fourth-order valence-corrected chi connectivity index (χ4v) is 1.83. The molecule has 0 heterocycles. The quantitative estimate of drug-likeness (QED) is 0.665. The molecule has 0 atom stereocenters. The molecular formula is C10H15NO3. The highest BCUT2D eigenvalue weighted by Crippen LogP contribution is 2.28. The molecule has 78 valence electrons. The van der Waals surface area contributed by atoms with Crippen LogP contribution in [0.15, 0.2) is 12.7 Å². The highest BCUT2D eigenvalue weighted by Gasteiger charge is 2.40. The van der Waals surface area contributed by atoms with Crippen LogP contribution in [0.5, 0.6) is 0 Å². The van der Waals surface area contributed by atoms with Crippen molar-refractivity contribution in [2.45, 2.75) is 37.6 Å². The van der Waals surface area contributed by atoms with Gasteiger partial charge in [-0.15, -0.1) is 0 Å². The molecule has 4 nitrogen and oxygen atoms in total. The SMILES string of the molecule is C=CC(=O)NC1(C(=O)O)CCCCC1. The third-order valence-electron chi connectivity index (χ3n) is 2.66. The Labute approximate surface area is 83.0 Å². The van der Waals surface area contributed by atoms with Gasteiger partial charge in [0.25, 0.3) is 0 Å². The first-order valence-corrected chi connectivity index (χ1v) is 4.79. The number of hydrogen-bond acceptors (Lipinski definition) is 2. The van der Waals surface area contributed by atoms with Crippen molar-refractivity contribution in [3.05, 3.63) is 12.7 Å². The Morgan fingerprint density at radius 2 is 1.86 bits per heavy atom. The lowest BCUT2D eigenvalue weighted by Gasteiger charge is -2.33. The van der Waals surface area contributed by atoms with Crippen LogP contribution in [0.2, 0.25) is 0 Å². The average Bonchev–Trinajstić information content (AvgIpc) is 2.19. The molecule has 0 bridgehead atoms. The van der Waals surface area contributed by atoms with Gasteiger partial charge in [0.05, 0.1) is 0 Å². The van der Waals surface area contributed by atoms with E-state index in [2.05, 4.69) is 11.9 Å². The molecular weight excluding hydrogens is 182 g/mol. The number of nitrogens with one attached hydrogen (secondary N) is 1. The number of rotatable bonds is 3. The Hall–Kier alpha value is -1.32. The summed E-state index contributed by atoms with van der Waals surface area (Å²) in [6.45, 7) is 3.31. The second kappa shape index (κ2) is 4.26. The lowest BCUT2D eigenvalue weighted by Crippen LogP contribution is -2.55. The number of amides is 1. The Bertz CT molecular complexity index is 254. The molecule has 0 aromatic heterocycles. The molecule has 1 saturated carbocycles. The second-order valence-corrected chi connectivity index (χ2v) is 3.64. The van der Waals surface area contributed by atoms with Crippen LogP contribution in [0.3, 0.4) is 0 Å². The van der Waals surface area contributed by atoms with Crippen molar-refractivity contribution in [1.29, 1.82) is 0 Å². The molecule has 0 aliphatic heterocycles. The minimum atomic E-state index is -1.05. The summed E-state index contributed by atoms with van der Waals surface area (Å²) in [5.41, 5.74) is -1.05. The fraction of sp³-hybridized carbons (Fsp3) is 0.600. The molecule has 1 aliphatic carbocycles. The zero-order valence-electron chi connectivity index (χ0n) is 8.08. The normalized spacial score (nSPS) is 19.7. The standard InChI is InChI=1S/C10H15NO3/c1-2-8(12)11-10(9(13)14)6-4-3-5-7-10/h2H,1,3-7H2,(H,11,12)(H,13,14). The third-order valence-corrected chi connectivity index (χ3v) is 2.66. The summed E-state index contributed by atoms with van der Waals surface area (Å²) in [5.74, 6) is -1.35. The number of carbonyl (C=O) groups is 2. The van der Waals surface area contributed by atoms with Crippen LogP contribution >= 0.6 is 0 Å². The summed E-state index contributed by atoms with van der Waals surface area (Å²) in [5, 5.41) is 11.6. The lowest BCUT2D eigenvalue weighted by atomic mass is 9.81. The van der Waals surface area contributed by atoms with Crippen LogP contribution in [0.25, 0.3) is 0 Å². The highest BCUT2D eigenvalue weighted by atomic mass is 16.4. The maximum absolute atomic E-state index is 11.1. The van der Waals surface area contributed by atoms with Crippen molar-refractivity contribution in [3.63, 3.8) is 0 Å². The Morgan fingerprint density at radius 3 is 2.29 bits per heavy atom. The number of carboxylic acid groups (broad SMARTS) is 1. The molecule has 0 spiro atoms. The molecule has 0 saturated heterocycles. The highest BCUT2D eigenvalue weighted by molar-refractivity contribution is 5.92. The summed E-state index contributed by atoms with van der Waals surface area (Å²) in [6.07, 6.45) is 4.88. The topological polar surface area (TPSA) is 66.4 Å². The van der Waals surface area contributed by atoms with E-state index in [-0.39, 0.29) is 0 Å². The van der Waals surface area contributed by atoms with Gasteiger partial charge in [0.2, 0.25) is 5.91 Å². The molecule has 14 heavy (non-hydrogen) atoms. The molecule has 0 unspecified atom stereocenters. The Kier molecular flexibility index (Phi) is 3.28. The van der Waals surface area contributed by atoms with Gasteiger partial charge in [-0.05, 0) is 18.9 Å². The van der Waals surface area contributed by atoms with Crippen LogP contribution in [-0.2, 0) is 9.59 Å². The van der Waals surface area contributed by atoms with Gasteiger partial charge >= 0.3 is 5.97 Å². The van der Waals surface area contributed by atoms with Crippen LogP contribution < -0.4 is 5.32 Å². The molecule has 2 N–H and O–H groups in total. The molecule has 1 fully saturated rings. The van der Waals surface area contributed by atoms with Crippen LogP contribution in [0, 0.1) is 0 Å². The maximum Gasteiger partial charge on any atom is 0.329 e. The number of hydrogen-bond donors (Lipinski definition) is 2. The van der Waals surface area contributed by atoms with Crippen molar-refractivity contribution in [3.8, 4) is 0 Å². The predicted octanol–water partition coefficient (Wildman–Crippen LogP) is 1.08. The van der Waals surface area contributed by atoms with Gasteiger partial charge < -0.3 is 10.4 Å². The van der Waals surface area contributed by atoms with E-state index < -0.39 is 17.4 Å². The smallest absolute Gasteiger partial charge is 0.329 e. The van der Waals surface area contributed by atoms with Gasteiger partial charge in [-0.3, -0.25) is 4.79 Å². The number of aliphatic carboxylic acids is 1. The van der Waals surface area contributed by atoms with E-state index in [1.54, 1.807) is 0 Å². The van der Waals surface area contributed by atoms with Gasteiger partial charge in [-0.25, -0.2) is 4.79 Å². The summed E-state index contributed by atoms with van der Waals surface area (Å²) >= 11 is 0. The monoisotopic (exact) mass is 197 g/mol. The maximum atomic E-state index is 11.1. The van der Waals surface area contributed by atoms with Crippen molar-refractivity contribution < 1.29 is 14.7 Å². The first kappa shape index (κ1) is 10.8. The third kappa shape index (κ3) is 2.13. The predicted molar refractivity (Wildman–Crippen MR) is 51.8 cm³/mol. The van der Waals surface area contributed by atoms with Crippen LogP contribution in [0.1, 0.15) is 32.1 Å². The number of carboxylic acids is 1. The molecule has 0 radical (unpaired) electrons. The van der Waals surface area contributed by atoms with E-state index in [0.717, 1.165) is 25.3 Å². The zero-order valence-corrected chi connectivity index (χ0v) is 8.08. The lowest BCUT2D eigenvalue weighted by molar-refractivity contribution is -0.148. The minimum absolute atomic E-state index is 0.408. The van der Waals surface area contributed by atoms with Gasteiger partial charge in [0.15, 0.2) is 0 Å². The second-order valence-electron chi connectivity index (χ2n) is 3.64. The molecule has 4 heteroatoms. The van der Waals surface area contributed by atoms with Gasteiger partial charge in [-0.2, -0.15) is 0 Å². The number of carbonyl (C=O) groups excluding carboxylic acids is 1. The van der Waals surface area contributed by atoms with Crippen molar-refractivity contribution in [1.82, 2.24) is 5.32 Å². The van der Waals surface area contributed by atoms with E-state index in [4.69, 9.17) is 5.11 Å². The summed E-state index contributed by atoms with van der Waals surface area (Å²) < 4.78 is 0. The van der Waals surface area contributed by atoms with Gasteiger partial charge in [0.1, 0.15) is 5.54 Å². The van der Waals surface area contributed by atoms with E-state index in [1.165, 1.54) is 0 Å². The Morgan fingerprint density at radius 1 is 1.29 bits per heavy atom. The fourth-order valence-electron chi connectivity index (χ4n) is 1.83. The van der Waals surface area contributed by atoms with Crippen molar-refractivity contribution >= 4 is 11.9 Å². The minimum Gasteiger partial charge on any atom is -0.480 e. The average molecular weight is 197 g/mol.